The predicted octanol–water partition coefficient (Wildman–Crippen LogP) is 6.25. The summed E-state index contributed by atoms with van der Waals surface area (Å²) in [6.07, 6.45) is 7.71. The summed E-state index contributed by atoms with van der Waals surface area (Å²) < 4.78 is 7.01. The zero-order valence-electron chi connectivity index (χ0n) is 28.9. The first-order valence-electron chi connectivity index (χ1n) is 17.5. The van der Waals surface area contributed by atoms with E-state index in [4.69, 9.17) is 9.72 Å². The molecule has 0 spiro atoms. The number of benzene rings is 3. The van der Waals surface area contributed by atoms with E-state index in [0.717, 1.165) is 49.7 Å². The summed E-state index contributed by atoms with van der Waals surface area (Å²) in [5.41, 5.74) is 5.04. The summed E-state index contributed by atoms with van der Waals surface area (Å²) in [6.45, 7) is 6.62. The van der Waals surface area contributed by atoms with Crippen molar-refractivity contribution in [2.24, 2.45) is 0 Å². The standard InChI is InChI=1S/C40H48N4O5/c1-4-6-20-43(21-7-5-2)39(47)36-26-44(22-12-15-28-13-9-8-10-14-28)38(42-36)33-19-18-29(40(48)49-3)23-35(33)37(46)32-17-11-16-30-25-41-31(27-45)24-34(30)32/h8-11,13-14,16-19,23,26,31,41,45H,4-7,12,15,20-22,24-25,27H2,1-3H3. The van der Waals surface area contributed by atoms with Crippen LogP contribution in [0.1, 0.15) is 99.4 Å². The average molecular weight is 665 g/mol. The lowest BCUT2D eigenvalue weighted by Gasteiger charge is -2.26. The van der Waals surface area contributed by atoms with Crippen molar-refractivity contribution < 1.29 is 24.2 Å². The highest BCUT2D eigenvalue weighted by molar-refractivity contribution is 6.14. The van der Waals surface area contributed by atoms with Crippen molar-refractivity contribution in [1.29, 1.82) is 0 Å². The second-order valence-corrected chi connectivity index (χ2v) is 12.7. The molecule has 3 aromatic carbocycles. The molecular weight excluding hydrogens is 616 g/mol. The van der Waals surface area contributed by atoms with Crippen molar-refractivity contribution in [1.82, 2.24) is 19.8 Å². The van der Waals surface area contributed by atoms with Gasteiger partial charge in [0, 0.05) is 55.1 Å². The van der Waals surface area contributed by atoms with Gasteiger partial charge in [0.2, 0.25) is 0 Å². The van der Waals surface area contributed by atoms with Crippen LogP contribution in [-0.4, -0.2) is 70.1 Å². The van der Waals surface area contributed by atoms with Crippen molar-refractivity contribution in [2.45, 2.75) is 77.9 Å². The number of hydrogen-bond acceptors (Lipinski definition) is 7. The largest absolute Gasteiger partial charge is 0.465 e. The fourth-order valence-corrected chi connectivity index (χ4v) is 6.45. The number of nitrogens with zero attached hydrogens (tertiary/aromatic N) is 3. The van der Waals surface area contributed by atoms with E-state index in [9.17, 15) is 19.5 Å². The molecule has 1 aromatic heterocycles. The summed E-state index contributed by atoms with van der Waals surface area (Å²) in [7, 11) is 1.31. The molecule has 2 N–H and O–H groups in total. The van der Waals surface area contributed by atoms with Gasteiger partial charge in [0.25, 0.3) is 5.91 Å². The third-order valence-corrected chi connectivity index (χ3v) is 9.25. The number of amides is 1. The minimum absolute atomic E-state index is 0.0458. The second kappa shape index (κ2) is 17.2. The minimum Gasteiger partial charge on any atom is -0.465 e. The van der Waals surface area contributed by atoms with Crippen LogP contribution in [0.4, 0.5) is 0 Å². The Morgan fingerprint density at radius 1 is 0.959 bits per heavy atom. The number of hydrogen-bond donors (Lipinski definition) is 2. The number of nitrogens with one attached hydrogen (secondary N) is 1. The maximum absolute atomic E-state index is 14.6. The van der Waals surface area contributed by atoms with Gasteiger partial charge in [-0.2, -0.15) is 0 Å². The Hall–Kier alpha value is -4.60. The monoisotopic (exact) mass is 664 g/mol. The molecule has 9 heteroatoms. The molecule has 1 aliphatic heterocycles. The molecule has 0 bridgehead atoms. The van der Waals surface area contributed by atoms with Crippen LogP contribution in [0.25, 0.3) is 11.4 Å². The van der Waals surface area contributed by atoms with Gasteiger partial charge < -0.3 is 24.6 Å². The van der Waals surface area contributed by atoms with Gasteiger partial charge in [-0.15, -0.1) is 0 Å². The molecule has 0 aliphatic carbocycles. The number of fused-ring (bicyclic) bond motifs is 1. The van der Waals surface area contributed by atoms with E-state index in [1.807, 2.05) is 46.0 Å². The van der Waals surface area contributed by atoms with Crippen molar-refractivity contribution in [3.8, 4) is 11.4 Å². The first kappa shape index (κ1) is 35.7. The molecule has 9 nitrogen and oxygen atoms in total. The Bertz CT molecular complexity index is 1740. The van der Waals surface area contributed by atoms with Crippen LogP contribution in [0.3, 0.4) is 0 Å². The highest BCUT2D eigenvalue weighted by Gasteiger charge is 2.28. The van der Waals surface area contributed by atoms with Gasteiger partial charge in [-0.05, 0) is 67.0 Å². The van der Waals surface area contributed by atoms with Crippen LogP contribution in [0.2, 0.25) is 0 Å². The van der Waals surface area contributed by atoms with Crippen LogP contribution in [0, 0.1) is 0 Å². The first-order valence-corrected chi connectivity index (χ1v) is 17.5. The maximum Gasteiger partial charge on any atom is 0.337 e. The number of methoxy groups -OCH3 is 1. The molecule has 0 radical (unpaired) electrons. The number of rotatable bonds is 16. The van der Waals surface area contributed by atoms with E-state index in [1.165, 1.54) is 12.7 Å². The van der Waals surface area contributed by atoms with Gasteiger partial charge in [-0.1, -0.05) is 75.2 Å². The number of carbonyl (C=O) groups excluding carboxylic acids is 3. The fourth-order valence-electron chi connectivity index (χ4n) is 6.45. The van der Waals surface area contributed by atoms with E-state index in [2.05, 4.69) is 31.3 Å². The van der Waals surface area contributed by atoms with Crippen molar-refractivity contribution in [3.63, 3.8) is 0 Å². The van der Waals surface area contributed by atoms with Crippen LogP contribution in [0.5, 0.6) is 0 Å². The molecule has 258 valence electrons. The lowest BCUT2D eigenvalue weighted by atomic mass is 9.87. The van der Waals surface area contributed by atoms with Gasteiger partial charge in [-0.3, -0.25) is 9.59 Å². The number of carbonyl (C=O) groups is 3. The summed E-state index contributed by atoms with van der Waals surface area (Å²) >= 11 is 0. The molecule has 4 aromatic rings. The lowest BCUT2D eigenvalue weighted by molar-refractivity contribution is 0.0600. The topological polar surface area (TPSA) is 114 Å². The van der Waals surface area contributed by atoms with Gasteiger partial charge in [0.1, 0.15) is 11.5 Å². The summed E-state index contributed by atoms with van der Waals surface area (Å²) in [6, 6.07) is 20.7. The summed E-state index contributed by atoms with van der Waals surface area (Å²) in [4.78, 5) is 48.2. The van der Waals surface area contributed by atoms with Crippen molar-refractivity contribution >= 4 is 17.7 Å². The van der Waals surface area contributed by atoms with E-state index in [0.29, 0.717) is 60.8 Å². The number of unbranched alkanes of at least 4 members (excludes halogenated alkanes) is 2. The SMILES string of the molecule is CCCCN(CCCC)C(=O)c1cn(CCCc2ccccc2)c(-c2ccc(C(=O)OC)cc2C(=O)c2cccc3c2CC(CO)NC3)n1. The minimum atomic E-state index is -0.551. The van der Waals surface area contributed by atoms with Gasteiger partial charge in [0.15, 0.2) is 5.78 Å². The van der Waals surface area contributed by atoms with Crippen LogP contribution < -0.4 is 5.32 Å². The van der Waals surface area contributed by atoms with E-state index < -0.39 is 5.97 Å². The third kappa shape index (κ3) is 8.53. The van der Waals surface area contributed by atoms with Crippen molar-refractivity contribution in [2.75, 3.05) is 26.8 Å². The van der Waals surface area contributed by atoms with Gasteiger partial charge in [-0.25, -0.2) is 9.78 Å². The number of ketones is 1. The third-order valence-electron chi connectivity index (χ3n) is 9.25. The molecule has 49 heavy (non-hydrogen) atoms. The Balaban J connectivity index is 1.61. The highest BCUT2D eigenvalue weighted by Crippen LogP contribution is 2.31. The summed E-state index contributed by atoms with van der Waals surface area (Å²) in [5, 5.41) is 13.2. The lowest BCUT2D eigenvalue weighted by Crippen LogP contribution is -2.39. The zero-order valence-corrected chi connectivity index (χ0v) is 28.9. The molecule has 0 saturated carbocycles. The molecular formula is C40H48N4O5. The number of ether oxygens (including phenoxy) is 1. The number of aromatic nitrogens is 2. The zero-order chi connectivity index (χ0) is 34.8. The Morgan fingerprint density at radius 2 is 1.71 bits per heavy atom. The Morgan fingerprint density at radius 3 is 2.41 bits per heavy atom. The van der Waals surface area contributed by atoms with Gasteiger partial charge >= 0.3 is 5.97 Å². The molecule has 1 atom stereocenters. The molecule has 2 heterocycles. The normalized spacial score (nSPS) is 13.9. The predicted molar refractivity (Wildman–Crippen MR) is 191 cm³/mol. The first-order chi connectivity index (χ1) is 23.9. The van der Waals surface area contributed by atoms with Gasteiger partial charge in [0.05, 0.1) is 19.3 Å². The quantitative estimate of drug-likeness (QED) is 0.108. The van der Waals surface area contributed by atoms with Crippen LogP contribution in [0.15, 0.2) is 72.9 Å². The number of esters is 1. The van der Waals surface area contributed by atoms with Crippen molar-refractivity contribution in [3.05, 3.63) is 112 Å². The number of aliphatic hydroxyl groups is 1. The highest BCUT2D eigenvalue weighted by atomic mass is 16.5. The number of imidazole rings is 1. The van der Waals surface area contributed by atoms with E-state index >= 15 is 0 Å². The van der Waals surface area contributed by atoms with Crippen LogP contribution >= 0.6 is 0 Å². The molecule has 5 rings (SSSR count). The summed E-state index contributed by atoms with van der Waals surface area (Å²) in [5.74, 6) is -0.425. The van der Waals surface area contributed by atoms with E-state index in [-0.39, 0.29) is 29.9 Å². The molecule has 0 saturated heterocycles. The Kier molecular flexibility index (Phi) is 12.5. The number of aliphatic hydroxyl groups excluding tert-OH is 1. The smallest absolute Gasteiger partial charge is 0.337 e. The molecule has 1 aliphatic rings. The van der Waals surface area contributed by atoms with E-state index in [1.54, 1.807) is 24.3 Å². The number of aryl methyl sites for hydroxylation is 2. The maximum atomic E-state index is 14.6. The second-order valence-electron chi connectivity index (χ2n) is 12.7. The fraction of sp³-hybridized carbons (Fsp3) is 0.400. The Labute approximate surface area is 289 Å². The van der Waals surface area contributed by atoms with Crippen LogP contribution in [-0.2, 0) is 30.7 Å². The average Bonchev–Trinajstić information content (AvgIpc) is 3.57. The molecule has 1 unspecified atom stereocenters. The molecule has 0 fully saturated rings. The molecule has 1 amide bonds.